The van der Waals surface area contributed by atoms with Gasteiger partial charge in [0.15, 0.2) is 0 Å². The van der Waals surface area contributed by atoms with E-state index in [1.54, 1.807) is 0 Å². The molecule has 1 N–H and O–H groups in total. The predicted octanol–water partition coefficient (Wildman–Crippen LogP) is 6.16. The van der Waals surface area contributed by atoms with E-state index in [9.17, 15) is 9.59 Å². The summed E-state index contributed by atoms with van der Waals surface area (Å²) in [6, 6.07) is 10.6. The van der Waals surface area contributed by atoms with Gasteiger partial charge in [-0.25, -0.2) is 9.59 Å². The Morgan fingerprint density at radius 3 is 2.12 bits per heavy atom. The van der Waals surface area contributed by atoms with Crippen LogP contribution in [0.4, 0.5) is 9.59 Å². The summed E-state index contributed by atoms with van der Waals surface area (Å²) < 4.78 is 11.2. The first kappa shape index (κ1) is 25.1. The third kappa shape index (κ3) is 8.09. The van der Waals surface area contributed by atoms with E-state index in [0.717, 1.165) is 32.1 Å². The van der Waals surface area contributed by atoms with Gasteiger partial charge in [0.25, 0.3) is 0 Å². The lowest BCUT2D eigenvalue weighted by Crippen LogP contribution is -2.49. The number of amides is 2. The van der Waals surface area contributed by atoms with Crippen molar-refractivity contribution in [2.75, 3.05) is 0 Å². The summed E-state index contributed by atoms with van der Waals surface area (Å²) in [4.78, 5) is 27.3. The number of alkyl carbamates (subject to hydrolysis) is 1. The molecule has 182 valence electrons. The smallest absolute Gasteiger partial charge is 0.410 e. The van der Waals surface area contributed by atoms with Crippen molar-refractivity contribution < 1.29 is 19.1 Å². The highest BCUT2D eigenvalue weighted by Crippen LogP contribution is 2.41. The van der Waals surface area contributed by atoms with E-state index < -0.39 is 11.2 Å². The Hall–Kier alpha value is -2.50. The third-order valence-electron chi connectivity index (χ3n) is 5.91. The topological polar surface area (TPSA) is 67.9 Å². The molecule has 1 aromatic carbocycles. The van der Waals surface area contributed by atoms with Gasteiger partial charge in [0.1, 0.15) is 11.2 Å². The molecular weight excluding hydrogens is 416 g/mol. The minimum atomic E-state index is -0.533. The summed E-state index contributed by atoms with van der Waals surface area (Å²) in [5, 5.41) is 2.99. The molecule has 2 fully saturated rings. The second-order valence-electron chi connectivity index (χ2n) is 11.3. The first-order valence-electron chi connectivity index (χ1n) is 12.2. The molecule has 0 bridgehead atoms. The van der Waals surface area contributed by atoms with Crippen LogP contribution in [-0.2, 0) is 9.47 Å². The van der Waals surface area contributed by atoms with E-state index in [-0.39, 0.29) is 30.3 Å². The van der Waals surface area contributed by atoms with Gasteiger partial charge in [-0.2, -0.15) is 0 Å². The molecule has 2 saturated carbocycles. The van der Waals surface area contributed by atoms with Gasteiger partial charge in [-0.1, -0.05) is 42.5 Å². The van der Waals surface area contributed by atoms with Gasteiger partial charge in [0.05, 0.1) is 0 Å². The molecule has 0 radical (unpaired) electrons. The van der Waals surface area contributed by atoms with Crippen LogP contribution >= 0.6 is 0 Å². The number of hydrogen-bond acceptors (Lipinski definition) is 4. The van der Waals surface area contributed by atoms with Gasteiger partial charge < -0.3 is 19.7 Å². The van der Waals surface area contributed by atoms with E-state index in [2.05, 4.69) is 29.6 Å². The fourth-order valence-corrected chi connectivity index (χ4v) is 4.37. The number of carbonyl (C=O) groups excluding carboxylic acids is 2. The van der Waals surface area contributed by atoms with Crippen LogP contribution in [0.5, 0.6) is 0 Å². The van der Waals surface area contributed by atoms with Gasteiger partial charge in [-0.3, -0.25) is 0 Å². The summed E-state index contributed by atoms with van der Waals surface area (Å²) in [5.41, 5.74) is 0.124. The van der Waals surface area contributed by atoms with Gasteiger partial charge in [0, 0.05) is 18.1 Å². The predicted molar refractivity (Wildman–Crippen MR) is 131 cm³/mol. The van der Waals surface area contributed by atoms with Crippen molar-refractivity contribution >= 4 is 18.3 Å². The average Bonchev–Trinajstić information content (AvgIpc) is 3.45. The van der Waals surface area contributed by atoms with Gasteiger partial charge >= 0.3 is 12.2 Å². The second-order valence-corrected chi connectivity index (χ2v) is 11.3. The Labute approximate surface area is 198 Å². The minimum Gasteiger partial charge on any atom is -0.444 e. The molecular formula is C27H40N2O4. The monoisotopic (exact) mass is 456 g/mol. The van der Waals surface area contributed by atoms with E-state index >= 15 is 0 Å². The van der Waals surface area contributed by atoms with Crippen LogP contribution in [0, 0.1) is 5.92 Å². The average molecular weight is 457 g/mol. The zero-order valence-electron chi connectivity index (χ0n) is 21.0. The molecule has 0 aromatic heterocycles. The van der Waals surface area contributed by atoms with E-state index in [4.69, 9.17) is 9.47 Å². The molecule has 0 aliphatic heterocycles. The third-order valence-corrected chi connectivity index (χ3v) is 5.91. The van der Waals surface area contributed by atoms with Gasteiger partial charge in [0.2, 0.25) is 0 Å². The molecule has 2 amide bonds. The van der Waals surface area contributed by atoms with Crippen LogP contribution in [-0.4, -0.2) is 46.4 Å². The maximum atomic E-state index is 13.2. The maximum absolute atomic E-state index is 13.2. The number of ether oxygens (including phenoxy) is 2. The van der Waals surface area contributed by atoms with Crippen molar-refractivity contribution in [3.63, 3.8) is 0 Å². The lowest BCUT2D eigenvalue weighted by Gasteiger charge is -2.38. The van der Waals surface area contributed by atoms with Crippen LogP contribution in [0.1, 0.15) is 79.2 Å². The Bertz CT molecular complexity index is 830. The second kappa shape index (κ2) is 10.2. The normalized spacial score (nSPS) is 25.4. The molecule has 3 rings (SSSR count). The number of rotatable bonds is 5. The van der Waals surface area contributed by atoms with Crippen LogP contribution in [0.2, 0.25) is 0 Å². The zero-order valence-corrected chi connectivity index (χ0v) is 21.0. The van der Waals surface area contributed by atoms with Gasteiger partial charge in [-0.05, 0) is 85.1 Å². The van der Waals surface area contributed by atoms with Crippen molar-refractivity contribution in [3.05, 3.63) is 42.0 Å². The number of hydrogen-bond donors (Lipinski definition) is 1. The summed E-state index contributed by atoms with van der Waals surface area (Å²) in [6.07, 6.45) is 8.03. The molecule has 6 heteroatoms. The number of benzene rings is 1. The van der Waals surface area contributed by atoms with E-state index in [1.807, 2.05) is 64.6 Å². The highest BCUT2D eigenvalue weighted by Gasteiger charge is 2.47. The fraction of sp³-hybridized carbons (Fsp3) is 0.630. The van der Waals surface area contributed by atoms with Crippen molar-refractivity contribution in [3.8, 4) is 0 Å². The Balaban J connectivity index is 1.61. The molecule has 1 aromatic rings. The van der Waals surface area contributed by atoms with Crippen LogP contribution in [0.15, 0.2) is 36.4 Å². The minimum absolute atomic E-state index is 0.0737. The van der Waals surface area contributed by atoms with Crippen molar-refractivity contribution in [2.45, 2.75) is 103 Å². The Morgan fingerprint density at radius 2 is 1.55 bits per heavy atom. The summed E-state index contributed by atoms with van der Waals surface area (Å²) >= 11 is 0. The Morgan fingerprint density at radius 1 is 0.939 bits per heavy atom. The summed E-state index contributed by atoms with van der Waals surface area (Å²) in [6.45, 7) is 11.3. The lowest BCUT2D eigenvalue weighted by molar-refractivity contribution is 0.00713. The van der Waals surface area contributed by atoms with Crippen LogP contribution < -0.4 is 5.32 Å². The summed E-state index contributed by atoms with van der Waals surface area (Å²) in [5.74, 6) is 0.343. The molecule has 0 spiro atoms. The van der Waals surface area contributed by atoms with Gasteiger partial charge in [-0.15, -0.1) is 0 Å². The van der Waals surface area contributed by atoms with Crippen LogP contribution in [0.25, 0.3) is 6.08 Å². The standard InChI is InChI=1S/C27H40N2O4/c1-26(2,3)32-24(30)28-21-14-16-22(17-15-21)29(25(31)33-27(4,5)6)23-18-20(23)13-12-19-10-8-7-9-11-19/h7-13,20-23H,14-18H2,1-6H3,(H,28,30)/b13-12+. The van der Waals surface area contributed by atoms with E-state index in [1.165, 1.54) is 5.56 Å². The summed E-state index contributed by atoms with van der Waals surface area (Å²) in [7, 11) is 0. The van der Waals surface area contributed by atoms with E-state index in [0.29, 0.717) is 5.92 Å². The van der Waals surface area contributed by atoms with Crippen LogP contribution in [0.3, 0.4) is 0 Å². The Kier molecular flexibility index (Phi) is 7.76. The molecule has 2 aliphatic carbocycles. The highest BCUT2D eigenvalue weighted by molar-refractivity contribution is 5.70. The number of nitrogens with zero attached hydrogens (tertiary/aromatic N) is 1. The maximum Gasteiger partial charge on any atom is 0.410 e. The SMILES string of the molecule is CC(C)(C)OC(=O)NC1CCC(N(C(=O)OC(C)(C)C)C2CC2/C=C/c2ccccc2)CC1. The largest absolute Gasteiger partial charge is 0.444 e. The zero-order chi connectivity index (χ0) is 24.2. The van der Waals surface area contributed by atoms with Crippen molar-refractivity contribution in [2.24, 2.45) is 5.92 Å². The molecule has 6 nitrogen and oxygen atoms in total. The highest BCUT2D eigenvalue weighted by atomic mass is 16.6. The fourth-order valence-electron chi connectivity index (χ4n) is 4.37. The quantitative estimate of drug-likeness (QED) is 0.576. The van der Waals surface area contributed by atoms with Crippen molar-refractivity contribution in [1.82, 2.24) is 10.2 Å². The molecule has 0 saturated heterocycles. The first-order chi connectivity index (χ1) is 15.4. The molecule has 2 atom stereocenters. The molecule has 2 aliphatic rings. The first-order valence-corrected chi connectivity index (χ1v) is 12.2. The lowest BCUT2D eigenvalue weighted by atomic mass is 9.90. The number of carbonyl (C=O) groups is 2. The number of nitrogens with one attached hydrogen (secondary N) is 1. The van der Waals surface area contributed by atoms with Crippen molar-refractivity contribution in [1.29, 1.82) is 0 Å². The molecule has 2 unspecified atom stereocenters. The molecule has 33 heavy (non-hydrogen) atoms. The molecule has 0 heterocycles.